The topological polar surface area (TPSA) is 26.0 Å². The van der Waals surface area contributed by atoms with E-state index in [1.807, 2.05) is 0 Å². The molecule has 1 heteroatoms. The maximum absolute atomic E-state index is 6.32. The highest BCUT2D eigenvalue weighted by Gasteiger charge is 2.27. The summed E-state index contributed by atoms with van der Waals surface area (Å²) in [4.78, 5) is 0. The number of benzene rings is 1. The van der Waals surface area contributed by atoms with Crippen LogP contribution in [-0.2, 0) is 6.42 Å². The summed E-state index contributed by atoms with van der Waals surface area (Å²) in [7, 11) is 0. The van der Waals surface area contributed by atoms with Gasteiger partial charge >= 0.3 is 0 Å². The maximum Gasteiger partial charge on any atom is 0.00448 e. The molecule has 98 valence electrons. The van der Waals surface area contributed by atoms with Crippen LogP contribution < -0.4 is 5.73 Å². The molecule has 0 aromatic heterocycles. The Bertz CT molecular complexity index is 392. The first-order valence-corrected chi connectivity index (χ1v) is 7.66. The van der Waals surface area contributed by atoms with E-state index in [0.29, 0.717) is 6.04 Å². The van der Waals surface area contributed by atoms with Gasteiger partial charge in [-0.15, -0.1) is 0 Å². The van der Waals surface area contributed by atoms with Crippen molar-refractivity contribution < 1.29 is 0 Å². The highest BCUT2D eigenvalue weighted by Crippen LogP contribution is 2.38. The second-order valence-electron chi connectivity index (χ2n) is 6.32. The lowest BCUT2D eigenvalue weighted by molar-refractivity contribution is 0.407. The molecule has 0 bridgehead atoms. The van der Waals surface area contributed by atoms with E-state index in [0.717, 1.165) is 11.8 Å². The predicted octanol–water partition coefficient (Wildman–Crippen LogP) is 4.01. The molecule has 0 aliphatic heterocycles. The smallest absolute Gasteiger partial charge is 0.00448 e. The van der Waals surface area contributed by atoms with E-state index in [2.05, 4.69) is 24.3 Å². The van der Waals surface area contributed by atoms with Crippen LogP contribution >= 0.6 is 0 Å². The number of rotatable bonds is 5. The van der Waals surface area contributed by atoms with Gasteiger partial charge in [-0.1, -0.05) is 49.9 Å². The van der Waals surface area contributed by atoms with Crippen LogP contribution in [0.1, 0.15) is 62.0 Å². The Hall–Kier alpha value is -0.820. The molecule has 1 aromatic rings. The molecule has 1 nitrogen and oxygen atoms in total. The van der Waals surface area contributed by atoms with Gasteiger partial charge in [0.1, 0.15) is 0 Å². The molecule has 2 aliphatic carbocycles. The van der Waals surface area contributed by atoms with E-state index in [9.17, 15) is 0 Å². The van der Waals surface area contributed by atoms with Gasteiger partial charge in [0, 0.05) is 6.04 Å². The first kappa shape index (κ1) is 12.2. The van der Waals surface area contributed by atoms with Crippen molar-refractivity contribution in [3.8, 4) is 0 Å². The lowest BCUT2D eigenvalue weighted by Gasteiger charge is -2.32. The minimum Gasteiger partial charge on any atom is -0.328 e. The molecule has 18 heavy (non-hydrogen) atoms. The molecule has 0 saturated heterocycles. The van der Waals surface area contributed by atoms with Crippen molar-refractivity contribution in [2.24, 2.45) is 11.7 Å². The molecule has 0 radical (unpaired) electrons. The van der Waals surface area contributed by atoms with Crippen molar-refractivity contribution in [2.75, 3.05) is 0 Å². The van der Waals surface area contributed by atoms with Gasteiger partial charge < -0.3 is 5.73 Å². The van der Waals surface area contributed by atoms with Gasteiger partial charge in [0.05, 0.1) is 0 Å². The average Bonchev–Trinajstić information content (AvgIpc) is 2.87. The van der Waals surface area contributed by atoms with Crippen molar-refractivity contribution >= 4 is 0 Å². The van der Waals surface area contributed by atoms with Crippen LogP contribution in [0.5, 0.6) is 0 Å². The fourth-order valence-electron chi connectivity index (χ4n) is 3.81. The van der Waals surface area contributed by atoms with Gasteiger partial charge in [-0.25, -0.2) is 0 Å². The quantitative estimate of drug-likeness (QED) is 0.830. The summed E-state index contributed by atoms with van der Waals surface area (Å²) >= 11 is 0. The minimum absolute atomic E-state index is 0.420. The van der Waals surface area contributed by atoms with Crippen molar-refractivity contribution in [2.45, 2.75) is 63.3 Å². The van der Waals surface area contributed by atoms with Crippen LogP contribution in [0.4, 0.5) is 0 Å². The molecule has 1 saturated carbocycles. The van der Waals surface area contributed by atoms with Gasteiger partial charge in [0.15, 0.2) is 0 Å². The Balaban J connectivity index is 1.43. The Labute approximate surface area is 111 Å². The van der Waals surface area contributed by atoms with Gasteiger partial charge in [-0.05, 0) is 48.6 Å². The van der Waals surface area contributed by atoms with Gasteiger partial charge in [-0.3, -0.25) is 0 Å². The monoisotopic (exact) mass is 243 g/mol. The molecule has 2 atom stereocenters. The molecule has 0 amide bonds. The van der Waals surface area contributed by atoms with Crippen LogP contribution in [0.3, 0.4) is 0 Å². The summed E-state index contributed by atoms with van der Waals surface area (Å²) in [6, 6.07) is 9.27. The summed E-state index contributed by atoms with van der Waals surface area (Å²) in [5.41, 5.74) is 9.43. The van der Waals surface area contributed by atoms with Crippen molar-refractivity contribution in [1.82, 2.24) is 0 Å². The molecule has 0 spiro atoms. The van der Waals surface area contributed by atoms with E-state index in [1.54, 1.807) is 11.1 Å². The summed E-state index contributed by atoms with van der Waals surface area (Å²) in [5, 5.41) is 0. The lowest BCUT2D eigenvalue weighted by Crippen LogP contribution is -2.28. The second-order valence-corrected chi connectivity index (χ2v) is 6.32. The largest absolute Gasteiger partial charge is 0.328 e. The van der Waals surface area contributed by atoms with Crippen molar-refractivity contribution in [1.29, 1.82) is 0 Å². The Morgan fingerprint density at radius 2 is 1.94 bits per heavy atom. The molecule has 3 rings (SSSR count). The third kappa shape index (κ3) is 2.61. The molecule has 1 aromatic carbocycles. The Morgan fingerprint density at radius 3 is 2.72 bits per heavy atom. The molecule has 2 aliphatic rings. The molecule has 2 N–H and O–H groups in total. The summed E-state index contributed by atoms with van der Waals surface area (Å²) in [6.45, 7) is 0. The summed E-state index contributed by atoms with van der Waals surface area (Å²) in [5.74, 6) is 1.74. The van der Waals surface area contributed by atoms with Crippen LogP contribution in [-0.4, -0.2) is 6.04 Å². The normalized spacial score (nSPS) is 24.6. The van der Waals surface area contributed by atoms with Crippen LogP contribution in [0.15, 0.2) is 24.3 Å². The van der Waals surface area contributed by atoms with E-state index in [-0.39, 0.29) is 0 Å². The van der Waals surface area contributed by atoms with E-state index >= 15 is 0 Å². The fraction of sp³-hybridized carbons (Fsp3) is 0.647. The highest BCUT2D eigenvalue weighted by atomic mass is 14.6. The Kier molecular flexibility index (Phi) is 3.69. The zero-order valence-electron chi connectivity index (χ0n) is 11.3. The lowest BCUT2D eigenvalue weighted by atomic mass is 9.74. The molecular formula is C17H25N. The number of hydrogen-bond acceptors (Lipinski definition) is 1. The first-order valence-electron chi connectivity index (χ1n) is 7.66. The van der Waals surface area contributed by atoms with Crippen molar-refractivity contribution in [3.63, 3.8) is 0 Å². The zero-order valence-corrected chi connectivity index (χ0v) is 11.3. The van der Waals surface area contributed by atoms with Crippen LogP contribution in [0.2, 0.25) is 0 Å². The first-order chi connectivity index (χ1) is 8.83. The van der Waals surface area contributed by atoms with E-state index < -0.39 is 0 Å². The standard InChI is InChI=1S/C17H25N/c18-16(10-9-13-5-1-2-6-13)12-15-11-14-7-3-4-8-17(14)15/h3-4,7-8,13,15-16H,1-2,5-6,9-12,18H2. The molecule has 1 fully saturated rings. The minimum atomic E-state index is 0.420. The van der Waals surface area contributed by atoms with E-state index in [1.165, 1.54) is 51.4 Å². The zero-order chi connectivity index (χ0) is 12.4. The molecule has 0 heterocycles. The van der Waals surface area contributed by atoms with Gasteiger partial charge in [-0.2, -0.15) is 0 Å². The summed E-state index contributed by atoms with van der Waals surface area (Å²) in [6.07, 6.45) is 10.9. The average molecular weight is 243 g/mol. The predicted molar refractivity (Wildman–Crippen MR) is 76.7 cm³/mol. The number of nitrogens with two attached hydrogens (primary N) is 1. The third-order valence-electron chi connectivity index (χ3n) is 4.97. The maximum atomic E-state index is 6.32. The summed E-state index contributed by atoms with van der Waals surface area (Å²) < 4.78 is 0. The number of hydrogen-bond donors (Lipinski definition) is 1. The second kappa shape index (κ2) is 5.44. The fourth-order valence-corrected chi connectivity index (χ4v) is 3.81. The van der Waals surface area contributed by atoms with Crippen LogP contribution in [0.25, 0.3) is 0 Å². The highest BCUT2D eigenvalue weighted by molar-refractivity contribution is 5.39. The van der Waals surface area contributed by atoms with E-state index in [4.69, 9.17) is 5.73 Å². The third-order valence-corrected chi connectivity index (χ3v) is 4.97. The molecular weight excluding hydrogens is 218 g/mol. The van der Waals surface area contributed by atoms with Gasteiger partial charge in [0.2, 0.25) is 0 Å². The van der Waals surface area contributed by atoms with Crippen molar-refractivity contribution in [3.05, 3.63) is 35.4 Å². The van der Waals surface area contributed by atoms with Gasteiger partial charge in [0.25, 0.3) is 0 Å². The van der Waals surface area contributed by atoms with Crippen LogP contribution in [0, 0.1) is 5.92 Å². The SMILES string of the molecule is NC(CCC1CCCC1)CC1Cc2ccccc21. The molecule has 2 unspecified atom stereocenters. The number of fused-ring (bicyclic) bond motifs is 1. The Morgan fingerprint density at radius 1 is 1.17 bits per heavy atom.